The van der Waals surface area contributed by atoms with Gasteiger partial charge in [0, 0.05) is 40.3 Å². The van der Waals surface area contributed by atoms with Crippen LogP contribution in [0.4, 0.5) is 4.79 Å². The van der Waals surface area contributed by atoms with Crippen molar-refractivity contribution in [3.63, 3.8) is 0 Å². The molecule has 1 aliphatic heterocycles. The maximum Gasteiger partial charge on any atom is 0.319 e. The molecule has 0 aliphatic carbocycles. The van der Waals surface area contributed by atoms with E-state index < -0.39 is 0 Å². The van der Waals surface area contributed by atoms with E-state index in [9.17, 15) is 4.79 Å². The topological polar surface area (TPSA) is 52.8 Å². The second kappa shape index (κ2) is 4.61. The number of hydrogen-bond acceptors (Lipinski definition) is 3. The monoisotopic (exact) mass is 200 g/mol. The maximum absolute atomic E-state index is 11.8. The van der Waals surface area contributed by atoms with Gasteiger partial charge in [0.05, 0.1) is 6.04 Å². The fraction of sp³-hybridized carbons (Fsp3) is 0.889. The highest BCUT2D eigenvalue weighted by Crippen LogP contribution is 2.09. The summed E-state index contributed by atoms with van der Waals surface area (Å²) >= 11 is 0. The second-order valence-electron chi connectivity index (χ2n) is 4.02. The Labute approximate surface area is 85.4 Å². The van der Waals surface area contributed by atoms with Crippen LogP contribution in [0.1, 0.15) is 0 Å². The first-order valence-electron chi connectivity index (χ1n) is 4.92. The molecule has 2 N–H and O–H groups in total. The third kappa shape index (κ3) is 2.36. The van der Waals surface area contributed by atoms with Gasteiger partial charge in [-0.1, -0.05) is 0 Å². The highest BCUT2D eigenvalue weighted by atomic mass is 16.2. The van der Waals surface area contributed by atoms with E-state index in [1.807, 2.05) is 4.90 Å². The van der Waals surface area contributed by atoms with Gasteiger partial charge in [-0.2, -0.15) is 0 Å². The highest BCUT2D eigenvalue weighted by molar-refractivity contribution is 5.74. The molecule has 1 aliphatic rings. The van der Waals surface area contributed by atoms with Crippen LogP contribution in [-0.4, -0.2) is 74.1 Å². The Morgan fingerprint density at radius 3 is 2.64 bits per heavy atom. The lowest BCUT2D eigenvalue weighted by Crippen LogP contribution is -2.58. The van der Waals surface area contributed by atoms with Gasteiger partial charge in [-0.25, -0.2) is 4.79 Å². The van der Waals surface area contributed by atoms with Crippen molar-refractivity contribution in [2.24, 2.45) is 5.73 Å². The maximum atomic E-state index is 11.8. The number of piperazine rings is 1. The summed E-state index contributed by atoms with van der Waals surface area (Å²) in [5.74, 6) is 0. The average Bonchev–Trinajstić information content (AvgIpc) is 2.16. The van der Waals surface area contributed by atoms with Gasteiger partial charge in [0.1, 0.15) is 0 Å². The number of nitrogens with zero attached hydrogens (tertiary/aromatic N) is 3. The lowest BCUT2D eigenvalue weighted by molar-refractivity contribution is 0.0970. The van der Waals surface area contributed by atoms with Crippen molar-refractivity contribution in [3.8, 4) is 0 Å². The molecule has 14 heavy (non-hydrogen) atoms. The van der Waals surface area contributed by atoms with Crippen LogP contribution in [0.15, 0.2) is 0 Å². The van der Waals surface area contributed by atoms with E-state index in [2.05, 4.69) is 11.9 Å². The molecule has 1 fully saturated rings. The summed E-state index contributed by atoms with van der Waals surface area (Å²) in [6.45, 7) is 3.10. The molecule has 5 nitrogen and oxygen atoms in total. The van der Waals surface area contributed by atoms with E-state index in [1.54, 1.807) is 19.0 Å². The molecule has 0 aromatic heterocycles. The third-order valence-corrected chi connectivity index (χ3v) is 2.59. The Kier molecular flexibility index (Phi) is 3.71. The summed E-state index contributed by atoms with van der Waals surface area (Å²) in [4.78, 5) is 17.4. The summed E-state index contributed by atoms with van der Waals surface area (Å²) in [5.41, 5.74) is 5.65. The molecule has 1 atom stereocenters. The van der Waals surface area contributed by atoms with Crippen LogP contribution in [0.2, 0.25) is 0 Å². The van der Waals surface area contributed by atoms with Crippen LogP contribution in [0.25, 0.3) is 0 Å². The summed E-state index contributed by atoms with van der Waals surface area (Å²) in [6.07, 6.45) is 0. The van der Waals surface area contributed by atoms with Gasteiger partial charge in [-0.05, 0) is 7.05 Å². The van der Waals surface area contributed by atoms with E-state index in [-0.39, 0.29) is 12.1 Å². The number of nitrogens with two attached hydrogens (primary N) is 1. The molecule has 1 unspecified atom stereocenters. The van der Waals surface area contributed by atoms with Crippen molar-refractivity contribution in [2.45, 2.75) is 6.04 Å². The smallest absolute Gasteiger partial charge is 0.319 e. The largest absolute Gasteiger partial charge is 0.331 e. The van der Waals surface area contributed by atoms with Gasteiger partial charge < -0.3 is 20.4 Å². The van der Waals surface area contributed by atoms with Crippen molar-refractivity contribution in [1.29, 1.82) is 0 Å². The lowest BCUT2D eigenvalue weighted by Gasteiger charge is -2.40. The van der Waals surface area contributed by atoms with E-state index in [1.165, 1.54) is 0 Å². The SMILES string of the molecule is CN1CCN(C(=O)N(C)C)C(CN)C1. The highest BCUT2D eigenvalue weighted by Gasteiger charge is 2.28. The Bertz CT molecular complexity index is 207. The number of amides is 2. The average molecular weight is 200 g/mol. The lowest BCUT2D eigenvalue weighted by atomic mass is 10.2. The van der Waals surface area contributed by atoms with Crippen molar-refractivity contribution >= 4 is 6.03 Å². The fourth-order valence-corrected chi connectivity index (χ4v) is 1.72. The van der Waals surface area contributed by atoms with Crippen LogP contribution >= 0.6 is 0 Å². The van der Waals surface area contributed by atoms with Crippen LogP contribution in [0.5, 0.6) is 0 Å². The Morgan fingerprint density at radius 1 is 1.50 bits per heavy atom. The van der Waals surface area contributed by atoms with E-state index in [4.69, 9.17) is 5.73 Å². The molecule has 0 saturated carbocycles. The van der Waals surface area contributed by atoms with E-state index >= 15 is 0 Å². The normalized spacial score (nSPS) is 23.7. The summed E-state index contributed by atoms with van der Waals surface area (Å²) in [5, 5.41) is 0. The first-order valence-corrected chi connectivity index (χ1v) is 4.92. The molecular weight excluding hydrogens is 180 g/mol. The van der Waals surface area contributed by atoms with Crippen LogP contribution in [-0.2, 0) is 0 Å². The minimum atomic E-state index is 0.0635. The Balaban J connectivity index is 2.63. The zero-order valence-corrected chi connectivity index (χ0v) is 9.23. The predicted molar refractivity (Wildman–Crippen MR) is 56.1 cm³/mol. The van der Waals surface area contributed by atoms with E-state index in [0.717, 1.165) is 19.6 Å². The zero-order valence-electron chi connectivity index (χ0n) is 9.23. The van der Waals surface area contributed by atoms with Crippen LogP contribution in [0, 0.1) is 0 Å². The number of urea groups is 1. The standard InChI is InChI=1S/C9H20N4O/c1-11(2)9(14)13-5-4-12(3)7-8(13)6-10/h8H,4-7,10H2,1-3H3. The molecule has 5 heteroatoms. The summed E-state index contributed by atoms with van der Waals surface area (Å²) in [7, 11) is 5.60. The van der Waals surface area contributed by atoms with Crippen LogP contribution < -0.4 is 5.73 Å². The van der Waals surface area contributed by atoms with Gasteiger partial charge in [0.2, 0.25) is 0 Å². The molecule has 82 valence electrons. The Hall–Kier alpha value is -0.810. The number of hydrogen-bond donors (Lipinski definition) is 1. The molecule has 0 bridgehead atoms. The minimum Gasteiger partial charge on any atom is -0.331 e. The van der Waals surface area contributed by atoms with Gasteiger partial charge in [-0.3, -0.25) is 0 Å². The van der Waals surface area contributed by atoms with E-state index in [0.29, 0.717) is 6.54 Å². The first-order chi connectivity index (χ1) is 6.56. The quantitative estimate of drug-likeness (QED) is 0.605. The van der Waals surface area contributed by atoms with Gasteiger partial charge in [0.15, 0.2) is 0 Å². The number of likely N-dealkylation sites (N-methyl/N-ethyl adjacent to an activating group) is 1. The van der Waals surface area contributed by atoms with Gasteiger partial charge in [-0.15, -0.1) is 0 Å². The third-order valence-electron chi connectivity index (χ3n) is 2.59. The van der Waals surface area contributed by atoms with Crippen molar-refractivity contribution in [2.75, 3.05) is 47.3 Å². The van der Waals surface area contributed by atoms with Crippen LogP contribution in [0.3, 0.4) is 0 Å². The van der Waals surface area contributed by atoms with Gasteiger partial charge >= 0.3 is 6.03 Å². The molecule has 2 amide bonds. The number of carbonyl (C=O) groups is 1. The molecule has 0 radical (unpaired) electrons. The molecule has 1 saturated heterocycles. The first kappa shape index (κ1) is 11.3. The summed E-state index contributed by atoms with van der Waals surface area (Å²) in [6, 6.07) is 0.220. The molecule has 0 spiro atoms. The zero-order chi connectivity index (χ0) is 10.7. The van der Waals surface area contributed by atoms with Crippen molar-refractivity contribution < 1.29 is 4.79 Å². The molecule has 1 heterocycles. The van der Waals surface area contributed by atoms with Gasteiger partial charge in [0.25, 0.3) is 0 Å². The predicted octanol–water partition coefficient (Wildman–Crippen LogP) is -0.757. The Morgan fingerprint density at radius 2 is 2.14 bits per heavy atom. The minimum absolute atomic E-state index is 0.0635. The molecule has 0 aromatic carbocycles. The fourth-order valence-electron chi connectivity index (χ4n) is 1.72. The molecule has 0 aromatic rings. The molecule has 1 rings (SSSR count). The second-order valence-corrected chi connectivity index (χ2v) is 4.02. The number of rotatable bonds is 1. The van der Waals surface area contributed by atoms with Crippen molar-refractivity contribution in [1.82, 2.24) is 14.7 Å². The summed E-state index contributed by atoms with van der Waals surface area (Å²) < 4.78 is 0. The van der Waals surface area contributed by atoms with Crippen molar-refractivity contribution in [3.05, 3.63) is 0 Å². The molecular formula is C9H20N4O. The number of carbonyl (C=O) groups excluding carboxylic acids is 1.